The first-order valence-electron chi connectivity index (χ1n) is 4.92. The van der Waals surface area contributed by atoms with E-state index in [1.54, 1.807) is 0 Å². The van der Waals surface area contributed by atoms with Gasteiger partial charge in [-0.3, -0.25) is 10.1 Å². The van der Waals surface area contributed by atoms with Crippen molar-refractivity contribution in [2.45, 2.75) is 20.3 Å². The smallest absolute Gasteiger partial charge is 0.245 e. The second kappa shape index (κ2) is 5.43. The van der Waals surface area contributed by atoms with Gasteiger partial charge in [0.2, 0.25) is 5.91 Å². The first-order chi connectivity index (χ1) is 6.68. The second-order valence-electron chi connectivity index (χ2n) is 3.79. The van der Waals surface area contributed by atoms with Gasteiger partial charge in [-0.25, -0.2) is 0 Å². The van der Waals surface area contributed by atoms with Crippen LogP contribution in [0.25, 0.3) is 0 Å². The maximum atomic E-state index is 11.4. The molecule has 1 radical (unpaired) electrons. The van der Waals surface area contributed by atoms with Gasteiger partial charge < -0.3 is 0 Å². The third kappa shape index (κ3) is 4.08. The van der Waals surface area contributed by atoms with Crippen LogP contribution >= 0.6 is 0 Å². The van der Waals surface area contributed by atoms with E-state index in [0.717, 1.165) is 5.56 Å². The van der Waals surface area contributed by atoms with Crippen LogP contribution in [0.5, 0.6) is 0 Å². The number of carbonyl (C=O) groups is 1. The third-order valence-electron chi connectivity index (χ3n) is 1.83. The van der Waals surface area contributed by atoms with E-state index in [-0.39, 0.29) is 5.91 Å². The lowest BCUT2D eigenvalue weighted by molar-refractivity contribution is -0.120. The van der Waals surface area contributed by atoms with E-state index < -0.39 is 0 Å². The molecule has 1 aromatic rings. The molecule has 0 aliphatic heterocycles. The van der Waals surface area contributed by atoms with E-state index in [0.29, 0.717) is 18.9 Å². The van der Waals surface area contributed by atoms with Gasteiger partial charge in [0.15, 0.2) is 0 Å². The minimum atomic E-state index is -0.0232. The molecule has 0 saturated carbocycles. The molecule has 1 aromatic carbocycles. The van der Waals surface area contributed by atoms with Gasteiger partial charge in [0.25, 0.3) is 0 Å². The SMILES string of the molecule is CC(C)C[N]C(=O)Cc1ccccc1. The molecule has 0 bridgehead atoms. The van der Waals surface area contributed by atoms with Gasteiger partial charge in [0.05, 0.1) is 6.42 Å². The normalized spacial score (nSPS) is 10.2. The fourth-order valence-corrected chi connectivity index (χ4v) is 1.11. The van der Waals surface area contributed by atoms with Crippen LogP contribution in [0.4, 0.5) is 0 Å². The number of hydrogen-bond acceptors (Lipinski definition) is 1. The molecule has 0 spiro atoms. The summed E-state index contributed by atoms with van der Waals surface area (Å²) in [5.41, 5.74) is 1.03. The van der Waals surface area contributed by atoms with Crippen LogP contribution in [0, 0.1) is 5.92 Å². The van der Waals surface area contributed by atoms with Crippen molar-refractivity contribution < 1.29 is 4.79 Å². The van der Waals surface area contributed by atoms with E-state index >= 15 is 0 Å². The molecule has 0 atom stereocenters. The summed E-state index contributed by atoms with van der Waals surface area (Å²) in [6, 6.07) is 9.71. The van der Waals surface area contributed by atoms with Crippen LogP contribution in [0.15, 0.2) is 30.3 Å². The fraction of sp³-hybridized carbons (Fsp3) is 0.417. The summed E-state index contributed by atoms with van der Waals surface area (Å²) in [5, 5.41) is 3.98. The molecule has 1 amide bonds. The molecule has 2 heteroatoms. The zero-order chi connectivity index (χ0) is 10.4. The summed E-state index contributed by atoms with van der Waals surface area (Å²) in [6.07, 6.45) is 0.424. The Kier molecular flexibility index (Phi) is 4.17. The predicted octanol–water partition coefficient (Wildman–Crippen LogP) is 2.02. The highest BCUT2D eigenvalue weighted by atomic mass is 16.1. The maximum Gasteiger partial charge on any atom is 0.245 e. The number of nitrogens with zero attached hydrogens (tertiary/aromatic N) is 1. The van der Waals surface area contributed by atoms with E-state index in [1.165, 1.54) is 0 Å². The molecule has 2 nitrogen and oxygen atoms in total. The van der Waals surface area contributed by atoms with E-state index in [2.05, 4.69) is 19.2 Å². The van der Waals surface area contributed by atoms with E-state index in [9.17, 15) is 4.79 Å². The molecule has 0 N–H and O–H groups in total. The van der Waals surface area contributed by atoms with Gasteiger partial charge in [-0.05, 0) is 11.5 Å². The lowest BCUT2D eigenvalue weighted by atomic mass is 10.1. The van der Waals surface area contributed by atoms with Crippen LogP contribution in [-0.2, 0) is 11.2 Å². The van der Waals surface area contributed by atoms with Gasteiger partial charge in [-0.15, -0.1) is 0 Å². The average molecular weight is 190 g/mol. The highest BCUT2D eigenvalue weighted by Crippen LogP contribution is 2.00. The van der Waals surface area contributed by atoms with Crippen molar-refractivity contribution in [2.75, 3.05) is 6.54 Å². The Hall–Kier alpha value is -1.31. The largest absolute Gasteiger partial charge is 0.273 e. The minimum absolute atomic E-state index is 0.0232. The monoisotopic (exact) mass is 190 g/mol. The van der Waals surface area contributed by atoms with Gasteiger partial charge >= 0.3 is 0 Å². The summed E-state index contributed by atoms with van der Waals surface area (Å²) in [7, 11) is 0. The molecule has 0 unspecified atom stereocenters. The van der Waals surface area contributed by atoms with Crippen molar-refractivity contribution in [2.24, 2.45) is 5.92 Å². The molecule has 0 aliphatic rings. The Morgan fingerprint density at radius 1 is 1.29 bits per heavy atom. The summed E-state index contributed by atoms with van der Waals surface area (Å²) in [5.74, 6) is 0.430. The number of hydrogen-bond donors (Lipinski definition) is 0. The number of rotatable bonds is 4. The molecule has 0 aliphatic carbocycles. The molecule has 1 rings (SSSR count). The molecule has 14 heavy (non-hydrogen) atoms. The van der Waals surface area contributed by atoms with Crippen molar-refractivity contribution in [1.29, 1.82) is 0 Å². The molecule has 0 aromatic heterocycles. The Morgan fingerprint density at radius 2 is 1.93 bits per heavy atom. The molecule has 0 saturated heterocycles. The summed E-state index contributed by atoms with van der Waals surface area (Å²) in [6.45, 7) is 4.74. The van der Waals surface area contributed by atoms with E-state index in [4.69, 9.17) is 0 Å². The molecular weight excluding hydrogens is 174 g/mol. The number of benzene rings is 1. The minimum Gasteiger partial charge on any atom is -0.273 e. The van der Waals surface area contributed by atoms with Crippen LogP contribution in [0.1, 0.15) is 19.4 Å². The first kappa shape index (κ1) is 10.8. The third-order valence-corrected chi connectivity index (χ3v) is 1.83. The van der Waals surface area contributed by atoms with Gasteiger partial charge in [-0.1, -0.05) is 44.2 Å². The number of carbonyl (C=O) groups excluding carboxylic acids is 1. The van der Waals surface area contributed by atoms with Crippen LogP contribution in [0.3, 0.4) is 0 Å². The van der Waals surface area contributed by atoms with Crippen molar-refractivity contribution in [3.8, 4) is 0 Å². The highest BCUT2D eigenvalue weighted by Gasteiger charge is 2.04. The highest BCUT2D eigenvalue weighted by molar-refractivity contribution is 5.78. The Labute approximate surface area is 85.3 Å². The number of amides is 1. The Bertz CT molecular complexity index is 280. The van der Waals surface area contributed by atoms with Crippen molar-refractivity contribution in [1.82, 2.24) is 5.32 Å². The molecule has 0 heterocycles. The van der Waals surface area contributed by atoms with Crippen LogP contribution in [-0.4, -0.2) is 12.5 Å². The molecular formula is C12H16NO. The van der Waals surface area contributed by atoms with Gasteiger partial charge in [-0.2, -0.15) is 0 Å². The zero-order valence-corrected chi connectivity index (χ0v) is 8.73. The maximum absolute atomic E-state index is 11.4. The van der Waals surface area contributed by atoms with Crippen molar-refractivity contribution >= 4 is 5.91 Å². The van der Waals surface area contributed by atoms with E-state index in [1.807, 2.05) is 30.3 Å². The van der Waals surface area contributed by atoms with Gasteiger partial charge in [0, 0.05) is 6.54 Å². The lowest BCUT2D eigenvalue weighted by Gasteiger charge is -2.04. The lowest BCUT2D eigenvalue weighted by Crippen LogP contribution is -2.21. The molecule has 75 valence electrons. The topological polar surface area (TPSA) is 31.2 Å². The van der Waals surface area contributed by atoms with Crippen LogP contribution in [0.2, 0.25) is 0 Å². The average Bonchev–Trinajstić information content (AvgIpc) is 2.16. The molecule has 0 fully saturated rings. The van der Waals surface area contributed by atoms with Crippen molar-refractivity contribution in [3.63, 3.8) is 0 Å². The summed E-state index contributed by atoms with van der Waals surface area (Å²) in [4.78, 5) is 11.4. The second-order valence-corrected chi connectivity index (χ2v) is 3.79. The quantitative estimate of drug-likeness (QED) is 0.714. The van der Waals surface area contributed by atoms with Crippen molar-refractivity contribution in [3.05, 3.63) is 35.9 Å². The Balaban J connectivity index is 2.35. The fourth-order valence-electron chi connectivity index (χ4n) is 1.11. The standard InChI is InChI=1S/C12H16NO/c1-10(2)9-13-12(14)8-11-6-4-3-5-7-11/h3-7,10H,8-9H2,1-2H3. The van der Waals surface area contributed by atoms with Gasteiger partial charge in [0.1, 0.15) is 0 Å². The first-order valence-corrected chi connectivity index (χ1v) is 4.92. The Morgan fingerprint density at radius 3 is 2.50 bits per heavy atom. The zero-order valence-electron chi connectivity index (χ0n) is 8.73. The summed E-state index contributed by atoms with van der Waals surface area (Å²) < 4.78 is 0. The summed E-state index contributed by atoms with van der Waals surface area (Å²) >= 11 is 0. The van der Waals surface area contributed by atoms with Crippen LogP contribution < -0.4 is 5.32 Å². The predicted molar refractivity (Wildman–Crippen MR) is 57.0 cm³/mol.